The van der Waals surface area contributed by atoms with Gasteiger partial charge in [-0.2, -0.15) is 0 Å². The van der Waals surface area contributed by atoms with Gasteiger partial charge in [0.25, 0.3) is 0 Å². The molecule has 0 radical (unpaired) electrons. The maximum absolute atomic E-state index is 13.6. The Bertz CT molecular complexity index is 532. The number of sulfone groups is 1. The lowest BCUT2D eigenvalue weighted by molar-refractivity contribution is 0.457. The predicted octanol–water partition coefficient (Wildman–Crippen LogP) is 2.31. The van der Waals surface area contributed by atoms with E-state index in [-0.39, 0.29) is 11.8 Å². The lowest BCUT2D eigenvalue weighted by Crippen LogP contribution is -2.31. The fraction of sp³-hybridized carbons (Fsp3) is 0.571. The van der Waals surface area contributed by atoms with E-state index in [1.54, 1.807) is 6.07 Å². The molecule has 0 saturated carbocycles. The third-order valence-electron chi connectivity index (χ3n) is 3.06. The second-order valence-electron chi connectivity index (χ2n) is 4.94. The zero-order valence-electron chi connectivity index (χ0n) is 11.8. The first-order valence-corrected chi connectivity index (χ1v) is 8.73. The maximum Gasteiger partial charge on any atom is 0.162 e. The first-order valence-electron chi connectivity index (χ1n) is 6.67. The van der Waals surface area contributed by atoms with Crippen molar-refractivity contribution < 1.29 is 17.2 Å². The Hall–Kier alpha value is -1.01. The van der Waals surface area contributed by atoms with Gasteiger partial charge in [0.15, 0.2) is 11.6 Å². The van der Waals surface area contributed by atoms with Crippen LogP contribution in [0.1, 0.15) is 25.3 Å². The molecular weight excluding hydrogens is 284 g/mol. The van der Waals surface area contributed by atoms with Crippen LogP contribution in [0.25, 0.3) is 0 Å². The Morgan fingerprint density at radius 3 is 2.60 bits per heavy atom. The summed E-state index contributed by atoms with van der Waals surface area (Å²) in [5.41, 5.74) is 0.315. The second-order valence-corrected chi connectivity index (χ2v) is 7.20. The summed E-state index contributed by atoms with van der Waals surface area (Å²) in [4.78, 5) is 0. The summed E-state index contributed by atoms with van der Waals surface area (Å²) in [5.74, 6) is -1.56. The van der Waals surface area contributed by atoms with Crippen LogP contribution in [0, 0.1) is 11.6 Å². The molecule has 1 unspecified atom stereocenters. The number of halogens is 2. The Kier molecular flexibility index (Phi) is 6.55. The topological polar surface area (TPSA) is 46.2 Å². The largest absolute Gasteiger partial charge is 0.314 e. The molecule has 114 valence electrons. The van der Waals surface area contributed by atoms with Crippen LogP contribution in [0.15, 0.2) is 18.2 Å². The molecular formula is C14H21F2NO2S. The molecule has 0 aromatic heterocycles. The molecule has 0 aliphatic rings. The van der Waals surface area contributed by atoms with Crippen molar-refractivity contribution in [2.24, 2.45) is 0 Å². The Labute approximate surface area is 119 Å². The highest BCUT2D eigenvalue weighted by molar-refractivity contribution is 7.90. The molecule has 0 saturated heterocycles. The summed E-state index contributed by atoms with van der Waals surface area (Å²) in [6.07, 6.45) is 2.66. The molecule has 1 rings (SSSR count). The molecule has 0 aliphatic carbocycles. The average Bonchev–Trinajstić information content (AvgIpc) is 2.33. The Morgan fingerprint density at radius 2 is 2.00 bits per heavy atom. The van der Waals surface area contributed by atoms with Gasteiger partial charge in [-0.25, -0.2) is 17.2 Å². The van der Waals surface area contributed by atoms with E-state index in [1.807, 2.05) is 6.92 Å². The SMILES string of the molecule is CCNC(CCCS(C)(=O)=O)Cc1cccc(F)c1F. The van der Waals surface area contributed by atoms with Crippen LogP contribution in [-0.2, 0) is 16.3 Å². The van der Waals surface area contributed by atoms with Crippen molar-refractivity contribution in [2.75, 3.05) is 18.6 Å². The highest BCUT2D eigenvalue weighted by atomic mass is 32.2. The van der Waals surface area contributed by atoms with Crippen LogP contribution in [0.3, 0.4) is 0 Å². The molecule has 0 amide bonds. The van der Waals surface area contributed by atoms with Crippen LogP contribution in [-0.4, -0.2) is 33.0 Å². The van der Waals surface area contributed by atoms with Crippen molar-refractivity contribution in [3.05, 3.63) is 35.4 Å². The first kappa shape index (κ1) is 17.0. The number of benzene rings is 1. The molecule has 0 fully saturated rings. The minimum absolute atomic E-state index is 0.0574. The van der Waals surface area contributed by atoms with Crippen LogP contribution in [0.5, 0.6) is 0 Å². The number of likely N-dealkylation sites (N-methyl/N-ethyl adjacent to an activating group) is 1. The predicted molar refractivity (Wildman–Crippen MR) is 76.5 cm³/mol. The summed E-state index contributed by atoms with van der Waals surface area (Å²) in [7, 11) is -2.98. The minimum Gasteiger partial charge on any atom is -0.314 e. The molecule has 3 nitrogen and oxygen atoms in total. The Morgan fingerprint density at radius 1 is 1.30 bits per heavy atom. The molecule has 20 heavy (non-hydrogen) atoms. The quantitative estimate of drug-likeness (QED) is 0.801. The minimum atomic E-state index is -2.98. The average molecular weight is 305 g/mol. The van der Waals surface area contributed by atoms with Crippen molar-refractivity contribution >= 4 is 9.84 Å². The van der Waals surface area contributed by atoms with Gasteiger partial charge in [0.05, 0.1) is 0 Å². The molecule has 0 bridgehead atoms. The van der Waals surface area contributed by atoms with E-state index in [9.17, 15) is 17.2 Å². The lowest BCUT2D eigenvalue weighted by atomic mass is 10.0. The zero-order valence-corrected chi connectivity index (χ0v) is 12.6. The molecule has 6 heteroatoms. The second kappa shape index (κ2) is 7.69. The van der Waals surface area contributed by atoms with E-state index in [0.717, 1.165) is 6.07 Å². The van der Waals surface area contributed by atoms with Crippen molar-refractivity contribution in [1.29, 1.82) is 0 Å². The molecule has 1 atom stereocenters. The highest BCUT2D eigenvalue weighted by Gasteiger charge is 2.14. The Balaban J connectivity index is 2.64. The molecule has 1 aromatic carbocycles. The van der Waals surface area contributed by atoms with Gasteiger partial charge >= 0.3 is 0 Å². The van der Waals surface area contributed by atoms with Crippen LogP contribution >= 0.6 is 0 Å². The fourth-order valence-electron chi connectivity index (χ4n) is 2.13. The van der Waals surface area contributed by atoms with E-state index in [2.05, 4.69) is 5.32 Å². The van der Waals surface area contributed by atoms with Gasteiger partial charge in [-0.15, -0.1) is 0 Å². The summed E-state index contributed by atoms with van der Waals surface area (Å²) >= 11 is 0. The lowest BCUT2D eigenvalue weighted by Gasteiger charge is -2.18. The zero-order chi connectivity index (χ0) is 15.2. The third kappa shape index (κ3) is 5.96. The van der Waals surface area contributed by atoms with Gasteiger partial charge in [-0.1, -0.05) is 19.1 Å². The van der Waals surface area contributed by atoms with Gasteiger partial charge < -0.3 is 5.32 Å². The molecule has 1 N–H and O–H groups in total. The molecule has 0 spiro atoms. The molecule has 0 heterocycles. The van der Waals surface area contributed by atoms with Crippen LogP contribution < -0.4 is 5.32 Å². The van der Waals surface area contributed by atoms with E-state index in [0.29, 0.717) is 31.4 Å². The van der Waals surface area contributed by atoms with Crippen molar-refractivity contribution in [3.63, 3.8) is 0 Å². The smallest absolute Gasteiger partial charge is 0.162 e. The number of hydrogen-bond donors (Lipinski definition) is 1. The van der Waals surface area contributed by atoms with Crippen LogP contribution in [0.2, 0.25) is 0 Å². The van der Waals surface area contributed by atoms with E-state index < -0.39 is 21.5 Å². The van der Waals surface area contributed by atoms with E-state index >= 15 is 0 Å². The normalized spacial score (nSPS) is 13.4. The highest BCUT2D eigenvalue weighted by Crippen LogP contribution is 2.15. The number of nitrogens with one attached hydrogen (secondary N) is 1. The van der Waals surface area contributed by atoms with Gasteiger partial charge in [0, 0.05) is 18.1 Å². The molecule has 1 aromatic rings. The third-order valence-corrected chi connectivity index (χ3v) is 4.09. The van der Waals surface area contributed by atoms with E-state index in [1.165, 1.54) is 12.3 Å². The summed E-state index contributed by atoms with van der Waals surface area (Å²) in [6.45, 7) is 2.62. The van der Waals surface area contributed by atoms with Gasteiger partial charge in [-0.3, -0.25) is 0 Å². The fourth-order valence-corrected chi connectivity index (χ4v) is 2.82. The monoisotopic (exact) mass is 305 g/mol. The van der Waals surface area contributed by atoms with E-state index in [4.69, 9.17) is 0 Å². The number of rotatable bonds is 8. The van der Waals surface area contributed by atoms with Crippen molar-refractivity contribution in [3.8, 4) is 0 Å². The molecule has 0 aliphatic heterocycles. The van der Waals surface area contributed by atoms with Crippen molar-refractivity contribution in [1.82, 2.24) is 5.32 Å². The van der Waals surface area contributed by atoms with Gasteiger partial charge in [-0.05, 0) is 37.4 Å². The van der Waals surface area contributed by atoms with Crippen LogP contribution in [0.4, 0.5) is 8.78 Å². The van der Waals surface area contributed by atoms with Gasteiger partial charge in [0.1, 0.15) is 9.84 Å². The summed E-state index contributed by atoms with van der Waals surface area (Å²) < 4.78 is 49.0. The summed E-state index contributed by atoms with van der Waals surface area (Å²) in [6, 6.07) is 4.06. The maximum atomic E-state index is 13.6. The standard InChI is InChI=1S/C14H21F2NO2S/c1-3-17-12(7-5-9-20(2,18)19)10-11-6-4-8-13(15)14(11)16/h4,6,8,12,17H,3,5,7,9-10H2,1-2H3. The van der Waals surface area contributed by atoms with Crippen molar-refractivity contribution in [2.45, 2.75) is 32.2 Å². The van der Waals surface area contributed by atoms with Gasteiger partial charge in [0.2, 0.25) is 0 Å². The first-order chi connectivity index (χ1) is 9.33. The summed E-state index contributed by atoms with van der Waals surface area (Å²) in [5, 5.41) is 3.18. The number of hydrogen-bond acceptors (Lipinski definition) is 3.